The first-order valence-electron chi connectivity index (χ1n) is 9.66. The van der Waals surface area contributed by atoms with Crippen molar-refractivity contribution in [3.63, 3.8) is 0 Å². The predicted molar refractivity (Wildman–Crippen MR) is 110 cm³/mol. The molecule has 1 amide bonds. The molecule has 0 bridgehead atoms. The topological polar surface area (TPSA) is 41.9 Å². The van der Waals surface area contributed by atoms with E-state index in [0.717, 1.165) is 11.3 Å². The van der Waals surface area contributed by atoms with E-state index in [-0.39, 0.29) is 36.5 Å². The number of hydrogen-bond acceptors (Lipinski definition) is 3. The number of rotatable bonds is 6. The van der Waals surface area contributed by atoms with Gasteiger partial charge in [-0.3, -0.25) is 4.79 Å². The van der Waals surface area contributed by atoms with E-state index in [2.05, 4.69) is 5.16 Å². The standard InChI is InChI=1S/C24H20F2N2O2/c25-20-10-4-6-17(12-20)15-28(24(29)19-9-5-11-21(26)13-19)16-22-14-23(27-30-22)18-7-2-1-3-8-18/h1-13,22H,14-16H2/t22-/m1/s1. The number of halogens is 2. The first kappa shape index (κ1) is 19.8. The molecule has 0 fully saturated rings. The van der Waals surface area contributed by atoms with E-state index in [1.165, 1.54) is 35.2 Å². The molecular weight excluding hydrogens is 386 g/mol. The SMILES string of the molecule is O=C(c1cccc(F)c1)N(Cc1cccc(F)c1)C[C@H]1CC(c2ccccc2)=NO1. The highest BCUT2D eigenvalue weighted by Gasteiger charge is 2.27. The van der Waals surface area contributed by atoms with E-state index >= 15 is 0 Å². The molecule has 1 aliphatic heterocycles. The lowest BCUT2D eigenvalue weighted by Crippen LogP contribution is -2.37. The highest BCUT2D eigenvalue weighted by molar-refractivity contribution is 6.01. The van der Waals surface area contributed by atoms with Crippen LogP contribution in [-0.4, -0.2) is 29.2 Å². The molecule has 1 atom stereocenters. The van der Waals surface area contributed by atoms with Crippen molar-refractivity contribution in [2.24, 2.45) is 5.16 Å². The Balaban J connectivity index is 1.52. The van der Waals surface area contributed by atoms with Gasteiger partial charge in [-0.1, -0.05) is 53.7 Å². The molecule has 3 aromatic carbocycles. The van der Waals surface area contributed by atoms with E-state index in [1.807, 2.05) is 30.3 Å². The molecule has 30 heavy (non-hydrogen) atoms. The van der Waals surface area contributed by atoms with E-state index in [9.17, 15) is 13.6 Å². The Bertz CT molecular complexity index is 1070. The van der Waals surface area contributed by atoms with Crippen molar-refractivity contribution in [2.75, 3.05) is 6.54 Å². The van der Waals surface area contributed by atoms with Gasteiger partial charge in [0.25, 0.3) is 5.91 Å². The predicted octanol–water partition coefficient (Wildman–Crippen LogP) is 4.80. The molecule has 4 rings (SSSR count). The third-order valence-electron chi connectivity index (χ3n) is 4.89. The van der Waals surface area contributed by atoms with E-state index in [4.69, 9.17) is 4.84 Å². The zero-order chi connectivity index (χ0) is 20.9. The summed E-state index contributed by atoms with van der Waals surface area (Å²) in [5.74, 6) is -1.22. The van der Waals surface area contributed by atoms with Crippen LogP contribution in [0.3, 0.4) is 0 Å². The summed E-state index contributed by atoms with van der Waals surface area (Å²) >= 11 is 0. The van der Waals surface area contributed by atoms with Crippen molar-refractivity contribution in [3.05, 3.63) is 107 Å². The lowest BCUT2D eigenvalue weighted by Gasteiger charge is -2.25. The average molecular weight is 406 g/mol. The third kappa shape index (κ3) is 4.71. The Morgan fingerprint density at radius 3 is 2.43 bits per heavy atom. The summed E-state index contributed by atoms with van der Waals surface area (Å²) in [7, 11) is 0. The van der Waals surface area contributed by atoms with Crippen molar-refractivity contribution in [1.29, 1.82) is 0 Å². The van der Waals surface area contributed by atoms with Gasteiger partial charge in [0.1, 0.15) is 11.6 Å². The van der Waals surface area contributed by atoms with Gasteiger partial charge in [-0.25, -0.2) is 8.78 Å². The molecule has 3 aromatic rings. The third-order valence-corrected chi connectivity index (χ3v) is 4.89. The van der Waals surface area contributed by atoms with Gasteiger partial charge >= 0.3 is 0 Å². The zero-order valence-electron chi connectivity index (χ0n) is 16.2. The average Bonchev–Trinajstić information content (AvgIpc) is 3.22. The van der Waals surface area contributed by atoms with Crippen molar-refractivity contribution >= 4 is 11.6 Å². The molecule has 0 saturated heterocycles. The normalized spacial score (nSPS) is 15.4. The summed E-state index contributed by atoms with van der Waals surface area (Å²) in [5, 5.41) is 4.17. The first-order valence-corrected chi connectivity index (χ1v) is 9.66. The van der Waals surface area contributed by atoms with Crippen LogP contribution in [0, 0.1) is 11.6 Å². The maximum Gasteiger partial charge on any atom is 0.254 e. The van der Waals surface area contributed by atoms with Crippen LogP contribution >= 0.6 is 0 Å². The summed E-state index contributed by atoms with van der Waals surface area (Å²) in [6, 6.07) is 21.3. The van der Waals surface area contributed by atoms with Crippen molar-refractivity contribution in [2.45, 2.75) is 19.1 Å². The highest BCUT2D eigenvalue weighted by Crippen LogP contribution is 2.20. The van der Waals surface area contributed by atoms with Gasteiger partial charge in [-0.15, -0.1) is 0 Å². The number of oxime groups is 1. The van der Waals surface area contributed by atoms with E-state index in [0.29, 0.717) is 12.0 Å². The molecule has 0 aliphatic carbocycles. The number of hydrogen-bond donors (Lipinski definition) is 0. The lowest BCUT2D eigenvalue weighted by molar-refractivity contribution is 0.0404. The Hall–Kier alpha value is -3.54. The van der Waals surface area contributed by atoms with Crippen LogP contribution in [-0.2, 0) is 11.4 Å². The fourth-order valence-corrected chi connectivity index (χ4v) is 3.45. The van der Waals surface area contributed by atoms with Gasteiger partial charge in [-0.2, -0.15) is 0 Å². The fourth-order valence-electron chi connectivity index (χ4n) is 3.45. The first-order chi connectivity index (χ1) is 14.6. The number of carbonyl (C=O) groups excluding carboxylic acids is 1. The quantitative estimate of drug-likeness (QED) is 0.590. The van der Waals surface area contributed by atoms with Crippen LogP contribution in [0.2, 0.25) is 0 Å². The monoisotopic (exact) mass is 406 g/mol. The number of amides is 1. The second kappa shape index (κ2) is 8.86. The maximum atomic E-state index is 13.7. The number of carbonyl (C=O) groups is 1. The zero-order valence-corrected chi connectivity index (χ0v) is 16.2. The molecule has 0 radical (unpaired) electrons. The van der Waals surface area contributed by atoms with Crippen LogP contribution in [0.15, 0.2) is 84.0 Å². The minimum absolute atomic E-state index is 0.174. The van der Waals surface area contributed by atoms with Gasteiger partial charge in [-0.05, 0) is 41.5 Å². The molecule has 0 unspecified atom stereocenters. The van der Waals surface area contributed by atoms with Crippen LogP contribution in [0.4, 0.5) is 8.78 Å². The second-order valence-electron chi connectivity index (χ2n) is 7.16. The maximum absolute atomic E-state index is 13.7. The molecule has 1 heterocycles. The van der Waals surface area contributed by atoms with Gasteiger partial charge in [0.2, 0.25) is 0 Å². The molecule has 1 aliphatic rings. The summed E-state index contributed by atoms with van der Waals surface area (Å²) in [6.07, 6.45) is 0.200. The molecule has 0 aromatic heterocycles. The number of nitrogens with zero attached hydrogens (tertiary/aromatic N) is 2. The lowest BCUT2D eigenvalue weighted by atomic mass is 10.0. The van der Waals surface area contributed by atoms with Crippen LogP contribution < -0.4 is 0 Å². The van der Waals surface area contributed by atoms with E-state index in [1.54, 1.807) is 18.2 Å². The van der Waals surface area contributed by atoms with Crippen LogP contribution in [0.5, 0.6) is 0 Å². The Labute approximate surface area is 173 Å². The van der Waals surface area contributed by atoms with Crippen molar-refractivity contribution in [1.82, 2.24) is 4.90 Å². The van der Waals surface area contributed by atoms with Crippen molar-refractivity contribution < 1.29 is 18.4 Å². The van der Waals surface area contributed by atoms with Gasteiger partial charge in [0.15, 0.2) is 6.10 Å². The molecule has 4 nitrogen and oxygen atoms in total. The Morgan fingerprint density at radius 1 is 0.967 bits per heavy atom. The largest absolute Gasteiger partial charge is 0.390 e. The Kier molecular flexibility index (Phi) is 5.84. The Morgan fingerprint density at radius 2 is 1.70 bits per heavy atom. The molecule has 0 saturated carbocycles. The fraction of sp³-hybridized carbons (Fsp3) is 0.167. The van der Waals surface area contributed by atoms with Crippen molar-refractivity contribution in [3.8, 4) is 0 Å². The molecule has 0 spiro atoms. The van der Waals surface area contributed by atoms with Gasteiger partial charge in [0, 0.05) is 18.5 Å². The summed E-state index contributed by atoms with van der Waals surface area (Å²) in [5.41, 5.74) is 2.65. The summed E-state index contributed by atoms with van der Waals surface area (Å²) < 4.78 is 27.3. The molecule has 152 valence electrons. The molecule has 6 heteroatoms. The minimum atomic E-state index is -0.488. The summed E-state index contributed by atoms with van der Waals surface area (Å²) in [4.78, 5) is 20.2. The minimum Gasteiger partial charge on any atom is -0.390 e. The van der Waals surface area contributed by atoms with Crippen LogP contribution in [0.1, 0.15) is 27.9 Å². The summed E-state index contributed by atoms with van der Waals surface area (Å²) in [6.45, 7) is 0.416. The van der Waals surface area contributed by atoms with E-state index < -0.39 is 5.82 Å². The highest BCUT2D eigenvalue weighted by atomic mass is 19.1. The van der Waals surface area contributed by atoms with Crippen LogP contribution in [0.25, 0.3) is 0 Å². The second-order valence-corrected chi connectivity index (χ2v) is 7.16. The molecular formula is C24H20F2N2O2. The smallest absolute Gasteiger partial charge is 0.254 e. The van der Waals surface area contributed by atoms with Gasteiger partial charge in [0.05, 0.1) is 12.3 Å². The number of benzene rings is 3. The van der Waals surface area contributed by atoms with Gasteiger partial charge < -0.3 is 9.74 Å². The molecule has 0 N–H and O–H groups in total.